The molecule has 0 aliphatic heterocycles. The van der Waals surface area contributed by atoms with Gasteiger partial charge in [0.05, 0.1) is 15.9 Å². The summed E-state index contributed by atoms with van der Waals surface area (Å²) in [5, 5.41) is 19.4. The number of rotatable bonds is 3. The van der Waals surface area contributed by atoms with Crippen molar-refractivity contribution in [2.24, 2.45) is 0 Å². The second kappa shape index (κ2) is 5.24. The highest BCUT2D eigenvalue weighted by molar-refractivity contribution is 7.10. The van der Waals surface area contributed by atoms with Crippen LogP contribution in [0.1, 0.15) is 11.0 Å². The van der Waals surface area contributed by atoms with Crippen LogP contribution in [0.3, 0.4) is 0 Å². The first-order valence-corrected chi connectivity index (χ1v) is 8.43. The lowest BCUT2D eigenvalue weighted by Gasteiger charge is -2.17. The van der Waals surface area contributed by atoms with Crippen molar-refractivity contribution in [1.29, 1.82) is 0 Å². The van der Waals surface area contributed by atoms with E-state index in [-0.39, 0.29) is 6.17 Å². The Hall–Kier alpha value is -3.06. The summed E-state index contributed by atoms with van der Waals surface area (Å²) in [7, 11) is 0. The molecule has 0 aliphatic rings. The highest BCUT2D eigenvalue weighted by Crippen LogP contribution is 2.29. The first kappa shape index (κ1) is 13.4. The molecule has 0 aliphatic carbocycles. The van der Waals surface area contributed by atoms with Crippen LogP contribution in [0.25, 0.3) is 22.1 Å². The Bertz CT molecular complexity index is 1050. The fourth-order valence-electron chi connectivity index (χ4n) is 2.92. The Kier molecular flexibility index (Phi) is 2.92. The van der Waals surface area contributed by atoms with E-state index in [1.54, 1.807) is 11.3 Å². The molecule has 0 N–H and O–H groups in total. The molecular formula is C17H12N6S. The molecule has 5 aromatic rings. The van der Waals surface area contributed by atoms with Gasteiger partial charge in [-0.1, -0.05) is 40.8 Å². The van der Waals surface area contributed by atoms with Gasteiger partial charge >= 0.3 is 0 Å². The second-order valence-corrected chi connectivity index (χ2v) is 6.41. The van der Waals surface area contributed by atoms with E-state index in [9.17, 15) is 0 Å². The van der Waals surface area contributed by atoms with Gasteiger partial charge in [0.25, 0.3) is 0 Å². The average Bonchev–Trinajstić information content (AvgIpc) is 3.36. The largest absolute Gasteiger partial charge is 0.215 e. The number of hydrogen-bond donors (Lipinski definition) is 0. The van der Waals surface area contributed by atoms with Gasteiger partial charge < -0.3 is 0 Å². The van der Waals surface area contributed by atoms with Crippen LogP contribution < -0.4 is 0 Å². The van der Waals surface area contributed by atoms with Crippen LogP contribution in [-0.4, -0.2) is 30.0 Å². The van der Waals surface area contributed by atoms with Crippen molar-refractivity contribution in [3.05, 3.63) is 70.9 Å². The van der Waals surface area contributed by atoms with Crippen molar-refractivity contribution in [3.8, 4) is 0 Å². The molecule has 3 aromatic heterocycles. The summed E-state index contributed by atoms with van der Waals surface area (Å²) in [4.78, 5) is 1.13. The lowest BCUT2D eigenvalue weighted by atomic mass is 10.3. The SMILES string of the molecule is c1csc(C(n2nnc3ccccc32)n2nnc3ccccc32)c1. The number of fused-ring (bicyclic) bond motifs is 2. The van der Waals surface area contributed by atoms with Gasteiger partial charge in [-0.3, -0.25) is 0 Å². The van der Waals surface area contributed by atoms with Crippen LogP contribution in [0.15, 0.2) is 66.0 Å². The van der Waals surface area contributed by atoms with Crippen LogP contribution in [-0.2, 0) is 0 Å². The maximum absolute atomic E-state index is 4.40. The Labute approximate surface area is 141 Å². The van der Waals surface area contributed by atoms with Gasteiger partial charge in [0.2, 0.25) is 0 Å². The van der Waals surface area contributed by atoms with E-state index < -0.39 is 0 Å². The van der Waals surface area contributed by atoms with Gasteiger partial charge in [0, 0.05) is 0 Å². The van der Waals surface area contributed by atoms with Crippen molar-refractivity contribution in [3.63, 3.8) is 0 Å². The molecule has 0 fully saturated rings. The van der Waals surface area contributed by atoms with Crippen molar-refractivity contribution in [2.45, 2.75) is 6.17 Å². The Morgan fingerprint density at radius 1 is 0.708 bits per heavy atom. The molecule has 0 spiro atoms. The van der Waals surface area contributed by atoms with E-state index >= 15 is 0 Å². The molecule has 0 radical (unpaired) electrons. The lowest BCUT2D eigenvalue weighted by Crippen LogP contribution is -2.21. The normalized spacial score (nSPS) is 11.7. The van der Waals surface area contributed by atoms with E-state index in [0.29, 0.717) is 0 Å². The molecule has 24 heavy (non-hydrogen) atoms. The van der Waals surface area contributed by atoms with Gasteiger partial charge in [-0.25, -0.2) is 9.36 Å². The minimum Gasteiger partial charge on any atom is -0.215 e. The van der Waals surface area contributed by atoms with Crippen molar-refractivity contribution in [2.75, 3.05) is 0 Å². The molecule has 0 bridgehead atoms. The Balaban J connectivity index is 1.80. The minimum atomic E-state index is -0.218. The minimum absolute atomic E-state index is 0.218. The average molecular weight is 332 g/mol. The Morgan fingerprint density at radius 3 is 1.83 bits per heavy atom. The fraction of sp³-hybridized carbons (Fsp3) is 0.0588. The van der Waals surface area contributed by atoms with Gasteiger partial charge in [0.15, 0.2) is 6.17 Å². The van der Waals surface area contributed by atoms with Crippen LogP contribution in [0.2, 0.25) is 0 Å². The summed E-state index contributed by atoms with van der Waals surface area (Å²) >= 11 is 1.67. The maximum atomic E-state index is 4.40. The molecular weight excluding hydrogens is 320 g/mol. The smallest absolute Gasteiger partial charge is 0.182 e. The highest BCUT2D eigenvalue weighted by Gasteiger charge is 2.23. The van der Waals surface area contributed by atoms with E-state index in [1.807, 2.05) is 64.0 Å². The van der Waals surface area contributed by atoms with Crippen molar-refractivity contribution in [1.82, 2.24) is 30.0 Å². The quantitative estimate of drug-likeness (QED) is 0.508. The fourth-order valence-corrected chi connectivity index (χ4v) is 3.71. The first-order chi connectivity index (χ1) is 11.9. The number of hydrogen-bond acceptors (Lipinski definition) is 5. The van der Waals surface area contributed by atoms with E-state index in [1.165, 1.54) is 0 Å². The summed E-state index contributed by atoms with van der Waals surface area (Å²) in [5.41, 5.74) is 3.66. The lowest BCUT2D eigenvalue weighted by molar-refractivity contribution is 0.427. The van der Waals surface area contributed by atoms with Gasteiger partial charge in [-0.05, 0) is 35.7 Å². The van der Waals surface area contributed by atoms with Crippen LogP contribution in [0.4, 0.5) is 0 Å². The van der Waals surface area contributed by atoms with Crippen molar-refractivity contribution < 1.29 is 0 Å². The molecule has 0 unspecified atom stereocenters. The molecule has 2 aromatic carbocycles. The molecule has 0 saturated carbocycles. The van der Waals surface area contributed by atoms with Gasteiger partial charge in [0.1, 0.15) is 11.0 Å². The van der Waals surface area contributed by atoms with Crippen LogP contribution in [0.5, 0.6) is 0 Å². The molecule has 0 atom stereocenters. The zero-order valence-corrected chi connectivity index (χ0v) is 13.3. The van der Waals surface area contributed by atoms with Crippen LogP contribution >= 0.6 is 11.3 Å². The molecule has 5 rings (SSSR count). The zero-order valence-electron chi connectivity index (χ0n) is 12.5. The molecule has 0 saturated heterocycles. The maximum Gasteiger partial charge on any atom is 0.182 e. The number of aromatic nitrogens is 6. The summed E-state index contributed by atoms with van der Waals surface area (Å²) in [6.45, 7) is 0. The third-order valence-corrected chi connectivity index (χ3v) is 4.93. The van der Waals surface area contributed by atoms with Crippen LogP contribution in [0, 0.1) is 0 Å². The Morgan fingerprint density at radius 2 is 1.29 bits per heavy atom. The monoisotopic (exact) mass is 332 g/mol. The van der Waals surface area contributed by atoms with Gasteiger partial charge in [-0.15, -0.1) is 21.5 Å². The van der Waals surface area contributed by atoms with E-state index in [2.05, 4.69) is 32.1 Å². The third-order valence-electron chi connectivity index (χ3n) is 4.02. The molecule has 6 nitrogen and oxygen atoms in total. The molecule has 0 amide bonds. The number of nitrogens with zero attached hydrogens (tertiary/aromatic N) is 6. The predicted octanol–water partition coefficient (Wildman–Crippen LogP) is 3.33. The molecule has 116 valence electrons. The van der Waals surface area contributed by atoms with E-state index in [4.69, 9.17) is 0 Å². The number of benzene rings is 2. The summed E-state index contributed by atoms with van der Waals surface area (Å²) < 4.78 is 3.81. The van der Waals surface area contributed by atoms with Gasteiger partial charge in [-0.2, -0.15) is 0 Å². The standard InChI is InChI=1S/C17H12N6S/c1-3-8-14-12(6-1)18-20-22(14)17(16-10-5-11-24-16)23-15-9-4-2-7-13(15)19-21-23/h1-11,17H. The number of para-hydroxylation sites is 2. The third kappa shape index (κ3) is 1.95. The molecule has 7 heteroatoms. The first-order valence-electron chi connectivity index (χ1n) is 7.55. The second-order valence-electron chi connectivity index (χ2n) is 5.43. The summed E-state index contributed by atoms with van der Waals surface area (Å²) in [5.74, 6) is 0. The molecule has 3 heterocycles. The predicted molar refractivity (Wildman–Crippen MR) is 92.9 cm³/mol. The summed E-state index contributed by atoms with van der Waals surface area (Å²) in [6.07, 6.45) is -0.218. The van der Waals surface area contributed by atoms with E-state index in [0.717, 1.165) is 26.9 Å². The highest BCUT2D eigenvalue weighted by atomic mass is 32.1. The zero-order chi connectivity index (χ0) is 15.9. The number of thiophene rings is 1. The van der Waals surface area contributed by atoms with Crippen molar-refractivity contribution >= 4 is 33.4 Å². The topological polar surface area (TPSA) is 61.4 Å². The summed E-state index contributed by atoms with van der Waals surface area (Å²) in [6, 6.07) is 20.0.